The summed E-state index contributed by atoms with van der Waals surface area (Å²) in [7, 11) is 0. The Morgan fingerprint density at radius 2 is 1.65 bits per heavy atom. The molecule has 0 N–H and O–H groups in total. The number of rotatable bonds is 7. The van der Waals surface area contributed by atoms with Crippen LogP contribution in [0, 0.1) is 0 Å². The van der Waals surface area contributed by atoms with Gasteiger partial charge in [-0.3, -0.25) is 0 Å². The van der Waals surface area contributed by atoms with Gasteiger partial charge in [0.1, 0.15) is 5.75 Å². The van der Waals surface area contributed by atoms with Gasteiger partial charge in [0.25, 0.3) is 0 Å². The lowest BCUT2D eigenvalue weighted by molar-refractivity contribution is -0.156. The molecule has 0 aromatic heterocycles. The third-order valence-electron chi connectivity index (χ3n) is 4.41. The Labute approximate surface area is 154 Å². The Morgan fingerprint density at radius 3 is 2.35 bits per heavy atom. The monoisotopic (exact) mass is 350 g/mol. The van der Waals surface area contributed by atoms with E-state index in [0.717, 1.165) is 34.7 Å². The molecule has 1 unspecified atom stereocenters. The zero-order valence-corrected chi connectivity index (χ0v) is 15.7. The van der Waals surface area contributed by atoms with Crippen LogP contribution in [0.2, 0.25) is 0 Å². The quantitative estimate of drug-likeness (QED) is 0.394. The van der Waals surface area contributed by atoms with E-state index in [2.05, 4.69) is 37.3 Å². The van der Waals surface area contributed by atoms with Crippen molar-refractivity contribution in [2.24, 2.45) is 0 Å². The van der Waals surface area contributed by atoms with Crippen molar-refractivity contribution in [1.29, 1.82) is 0 Å². The van der Waals surface area contributed by atoms with E-state index in [1.54, 1.807) is 0 Å². The molecule has 0 amide bonds. The van der Waals surface area contributed by atoms with Crippen LogP contribution in [0.5, 0.6) is 5.75 Å². The van der Waals surface area contributed by atoms with E-state index in [1.165, 1.54) is 5.39 Å². The van der Waals surface area contributed by atoms with Crippen molar-refractivity contribution >= 4 is 27.5 Å². The molecule has 0 aliphatic heterocycles. The van der Waals surface area contributed by atoms with Crippen molar-refractivity contribution in [3.8, 4) is 5.75 Å². The van der Waals surface area contributed by atoms with Crippen molar-refractivity contribution in [3.05, 3.63) is 54.6 Å². The number of hydrogen-bond donors (Lipinski definition) is 0. The van der Waals surface area contributed by atoms with E-state index in [0.29, 0.717) is 6.42 Å². The normalized spacial score (nSPS) is 12.5. The largest absolute Gasteiger partial charge is 0.478 e. The fourth-order valence-corrected chi connectivity index (χ4v) is 3.12. The predicted molar refractivity (Wildman–Crippen MR) is 107 cm³/mol. The average Bonchev–Trinajstić information content (AvgIpc) is 2.63. The number of benzene rings is 3. The standard InChI is InChI=1S/C23H26O3/c1-4-5-12-22(23(24)25-16(2)3)26-21-13-8-11-19-14-17-9-6-7-10-18(17)15-20(19)21/h6-11,13-16,22H,4-5,12H2,1-3H3. The third-order valence-corrected chi connectivity index (χ3v) is 4.41. The van der Waals surface area contributed by atoms with Gasteiger partial charge in [0, 0.05) is 5.39 Å². The van der Waals surface area contributed by atoms with Gasteiger partial charge >= 0.3 is 5.97 Å². The molecular formula is C23H26O3. The van der Waals surface area contributed by atoms with E-state index < -0.39 is 6.10 Å². The van der Waals surface area contributed by atoms with E-state index in [-0.39, 0.29) is 12.1 Å². The van der Waals surface area contributed by atoms with E-state index >= 15 is 0 Å². The van der Waals surface area contributed by atoms with Gasteiger partial charge < -0.3 is 9.47 Å². The molecule has 0 saturated carbocycles. The fraction of sp³-hybridized carbons (Fsp3) is 0.348. The summed E-state index contributed by atoms with van der Waals surface area (Å²) in [6.07, 6.45) is 1.87. The Morgan fingerprint density at radius 1 is 0.962 bits per heavy atom. The summed E-state index contributed by atoms with van der Waals surface area (Å²) in [5.41, 5.74) is 0. The van der Waals surface area contributed by atoms with E-state index in [9.17, 15) is 4.79 Å². The molecule has 0 heterocycles. The molecule has 0 aliphatic carbocycles. The number of carbonyl (C=O) groups excluding carboxylic acids is 1. The smallest absolute Gasteiger partial charge is 0.347 e. The number of fused-ring (bicyclic) bond motifs is 2. The maximum absolute atomic E-state index is 12.5. The molecule has 0 radical (unpaired) electrons. The SMILES string of the molecule is CCCCC(Oc1cccc2cc3ccccc3cc12)C(=O)OC(C)C. The summed E-state index contributed by atoms with van der Waals surface area (Å²) in [5, 5.41) is 4.47. The van der Waals surface area contributed by atoms with Crippen LogP contribution in [0.1, 0.15) is 40.0 Å². The Bertz CT molecular complexity index is 898. The number of esters is 1. The molecule has 3 rings (SSSR count). The Kier molecular flexibility index (Phi) is 5.77. The first kappa shape index (κ1) is 18.2. The molecule has 1 atom stereocenters. The molecule has 136 valence electrons. The zero-order chi connectivity index (χ0) is 18.5. The van der Waals surface area contributed by atoms with Gasteiger partial charge in [-0.25, -0.2) is 4.79 Å². The summed E-state index contributed by atoms with van der Waals surface area (Å²) in [6, 6.07) is 18.5. The first-order valence-corrected chi connectivity index (χ1v) is 9.37. The fourth-order valence-electron chi connectivity index (χ4n) is 3.12. The van der Waals surface area contributed by atoms with Gasteiger partial charge in [-0.05, 0) is 61.0 Å². The average molecular weight is 350 g/mol. The van der Waals surface area contributed by atoms with Crippen LogP contribution in [0.3, 0.4) is 0 Å². The Balaban J connectivity index is 1.96. The molecule has 0 saturated heterocycles. The lowest BCUT2D eigenvalue weighted by Crippen LogP contribution is -2.31. The van der Waals surface area contributed by atoms with Crippen LogP contribution in [0.25, 0.3) is 21.5 Å². The zero-order valence-electron chi connectivity index (χ0n) is 15.7. The van der Waals surface area contributed by atoms with Crippen LogP contribution in [-0.2, 0) is 9.53 Å². The van der Waals surface area contributed by atoms with Crippen LogP contribution < -0.4 is 4.74 Å². The summed E-state index contributed by atoms with van der Waals surface area (Å²) < 4.78 is 11.6. The molecule has 0 spiro atoms. The van der Waals surface area contributed by atoms with Crippen LogP contribution >= 0.6 is 0 Å². The highest BCUT2D eigenvalue weighted by Crippen LogP contribution is 2.31. The molecule has 3 heteroatoms. The second-order valence-electron chi connectivity index (χ2n) is 6.91. The second-order valence-corrected chi connectivity index (χ2v) is 6.91. The minimum Gasteiger partial charge on any atom is -0.478 e. The van der Waals surface area contributed by atoms with Gasteiger partial charge in [0.15, 0.2) is 6.10 Å². The third kappa shape index (κ3) is 4.16. The number of ether oxygens (including phenoxy) is 2. The van der Waals surface area contributed by atoms with Crippen molar-refractivity contribution in [1.82, 2.24) is 0 Å². The molecule has 0 fully saturated rings. The first-order chi connectivity index (χ1) is 12.6. The lowest BCUT2D eigenvalue weighted by Gasteiger charge is -2.20. The minimum atomic E-state index is -0.575. The van der Waals surface area contributed by atoms with E-state index in [4.69, 9.17) is 9.47 Å². The van der Waals surface area contributed by atoms with Gasteiger partial charge in [0.2, 0.25) is 0 Å². The van der Waals surface area contributed by atoms with E-state index in [1.807, 2.05) is 38.1 Å². The summed E-state index contributed by atoms with van der Waals surface area (Å²) >= 11 is 0. The molecule has 3 aromatic carbocycles. The second kappa shape index (κ2) is 8.22. The highest BCUT2D eigenvalue weighted by atomic mass is 16.6. The molecular weight excluding hydrogens is 324 g/mol. The number of carbonyl (C=O) groups is 1. The molecule has 0 bridgehead atoms. The van der Waals surface area contributed by atoms with Gasteiger partial charge in [-0.15, -0.1) is 0 Å². The molecule has 3 nitrogen and oxygen atoms in total. The minimum absolute atomic E-state index is 0.147. The topological polar surface area (TPSA) is 35.5 Å². The highest BCUT2D eigenvalue weighted by Gasteiger charge is 2.23. The van der Waals surface area contributed by atoms with Crippen molar-refractivity contribution in [3.63, 3.8) is 0 Å². The maximum Gasteiger partial charge on any atom is 0.347 e. The van der Waals surface area contributed by atoms with Crippen molar-refractivity contribution in [2.75, 3.05) is 0 Å². The van der Waals surface area contributed by atoms with Gasteiger partial charge in [0.05, 0.1) is 6.10 Å². The Hall–Kier alpha value is -2.55. The molecule has 3 aromatic rings. The van der Waals surface area contributed by atoms with Gasteiger partial charge in [-0.1, -0.05) is 49.7 Å². The summed E-state index contributed by atoms with van der Waals surface area (Å²) in [5.74, 6) is 0.446. The predicted octanol–water partition coefficient (Wildman–Crippen LogP) is 5.88. The van der Waals surface area contributed by atoms with Crippen LogP contribution in [0.15, 0.2) is 54.6 Å². The van der Waals surface area contributed by atoms with Crippen molar-refractivity contribution < 1.29 is 14.3 Å². The highest BCUT2D eigenvalue weighted by molar-refractivity contribution is 6.01. The van der Waals surface area contributed by atoms with Crippen LogP contribution in [0.4, 0.5) is 0 Å². The van der Waals surface area contributed by atoms with Crippen LogP contribution in [-0.4, -0.2) is 18.2 Å². The van der Waals surface area contributed by atoms with Crippen molar-refractivity contribution in [2.45, 2.75) is 52.2 Å². The number of hydrogen-bond acceptors (Lipinski definition) is 3. The molecule has 26 heavy (non-hydrogen) atoms. The first-order valence-electron chi connectivity index (χ1n) is 9.37. The summed E-state index contributed by atoms with van der Waals surface area (Å²) in [4.78, 5) is 12.5. The number of unbranched alkanes of at least 4 members (excludes halogenated alkanes) is 1. The summed E-state index contributed by atoms with van der Waals surface area (Å²) in [6.45, 7) is 5.83. The van der Waals surface area contributed by atoms with Gasteiger partial charge in [-0.2, -0.15) is 0 Å². The maximum atomic E-state index is 12.5. The lowest BCUT2D eigenvalue weighted by atomic mass is 10.0. The molecule has 0 aliphatic rings.